The van der Waals surface area contributed by atoms with E-state index in [0.717, 1.165) is 18.3 Å². The highest BCUT2D eigenvalue weighted by Gasteiger charge is 2.40. The fraction of sp³-hybridized carbons (Fsp3) is 0.263. The molecule has 0 fully saturated rings. The number of carbonyl (C=O) groups is 2. The van der Waals surface area contributed by atoms with Crippen LogP contribution in [0.5, 0.6) is 0 Å². The molecule has 2 N–H and O–H groups in total. The summed E-state index contributed by atoms with van der Waals surface area (Å²) < 4.78 is 41.2. The number of imidazole rings is 2. The molecule has 8 nitrogen and oxygen atoms in total. The van der Waals surface area contributed by atoms with E-state index in [-0.39, 0.29) is 6.54 Å². The molecule has 0 aliphatic carbocycles. The zero-order chi connectivity index (χ0) is 22.1. The molecule has 0 radical (unpaired) electrons. The third-order valence-electron chi connectivity index (χ3n) is 4.44. The van der Waals surface area contributed by atoms with Crippen LogP contribution >= 0.6 is 0 Å². The summed E-state index contributed by atoms with van der Waals surface area (Å²) in [4.78, 5) is 31.2. The Morgan fingerprint density at radius 1 is 1.13 bits per heavy atom. The van der Waals surface area contributed by atoms with E-state index in [1.807, 2.05) is 36.5 Å². The molecule has 11 heteroatoms. The van der Waals surface area contributed by atoms with E-state index in [1.165, 1.54) is 0 Å². The summed E-state index contributed by atoms with van der Waals surface area (Å²) in [6, 6.07) is 9.46. The average Bonchev–Trinajstić information content (AvgIpc) is 3.22. The van der Waals surface area contributed by atoms with E-state index in [1.54, 1.807) is 11.6 Å². The number of rotatable bonds is 6. The quantitative estimate of drug-likeness (QED) is 0.637. The molecule has 158 valence electrons. The van der Waals surface area contributed by atoms with Crippen LogP contribution in [-0.4, -0.2) is 42.6 Å². The molecular weight excluding hydrogens is 403 g/mol. The first kappa shape index (κ1) is 21.1. The Bertz CT molecular complexity index is 1090. The van der Waals surface area contributed by atoms with Gasteiger partial charge in [0, 0.05) is 38.8 Å². The third-order valence-corrected chi connectivity index (χ3v) is 4.44. The Kier molecular flexibility index (Phi) is 5.63. The topological polar surface area (TPSA) is 102 Å². The number of aromatic carboxylic acids is 1. The molecule has 0 atom stereocenters. The molecule has 30 heavy (non-hydrogen) atoms. The van der Waals surface area contributed by atoms with E-state index in [2.05, 4.69) is 15.3 Å². The number of halogens is 3. The summed E-state index contributed by atoms with van der Waals surface area (Å²) in [5, 5.41) is 11.6. The van der Waals surface area contributed by atoms with Crippen molar-refractivity contribution in [2.45, 2.75) is 12.6 Å². The maximum Gasteiger partial charge on any atom is 0.449 e. The van der Waals surface area contributed by atoms with Crippen LogP contribution in [0.3, 0.4) is 0 Å². The first-order valence-corrected chi connectivity index (χ1v) is 8.82. The van der Waals surface area contributed by atoms with Crippen molar-refractivity contribution in [3.05, 3.63) is 59.6 Å². The SMILES string of the molecule is Cn1cc(-c2ccccc2)nc1CCNC(=O)c1c(C(=O)O)nc(C(F)(F)F)n1C. The lowest BCUT2D eigenvalue weighted by atomic mass is 10.2. The van der Waals surface area contributed by atoms with Gasteiger partial charge >= 0.3 is 12.1 Å². The highest BCUT2D eigenvalue weighted by molar-refractivity contribution is 6.02. The lowest BCUT2D eigenvalue weighted by Gasteiger charge is -2.09. The summed E-state index contributed by atoms with van der Waals surface area (Å²) in [5.74, 6) is -3.49. The number of hydrogen-bond donors (Lipinski definition) is 2. The molecule has 0 aliphatic rings. The number of hydrogen-bond acceptors (Lipinski definition) is 4. The number of carboxylic acids is 1. The van der Waals surface area contributed by atoms with Gasteiger partial charge in [-0.05, 0) is 0 Å². The molecule has 1 aromatic carbocycles. The summed E-state index contributed by atoms with van der Waals surface area (Å²) in [6.45, 7) is 0.0451. The average molecular weight is 421 g/mol. The smallest absolute Gasteiger partial charge is 0.449 e. The second kappa shape index (κ2) is 8.01. The lowest BCUT2D eigenvalue weighted by molar-refractivity contribution is -0.146. The van der Waals surface area contributed by atoms with Crippen molar-refractivity contribution in [1.29, 1.82) is 0 Å². The van der Waals surface area contributed by atoms with E-state index in [4.69, 9.17) is 5.11 Å². The number of aryl methyl sites for hydroxylation is 1. The number of alkyl halides is 3. The minimum atomic E-state index is -4.89. The van der Waals surface area contributed by atoms with Crippen molar-refractivity contribution < 1.29 is 27.9 Å². The number of nitrogens with zero attached hydrogens (tertiary/aromatic N) is 4. The van der Waals surface area contributed by atoms with E-state index >= 15 is 0 Å². The number of carboxylic acid groups (broad SMARTS) is 1. The van der Waals surface area contributed by atoms with Crippen LogP contribution in [0, 0.1) is 0 Å². The van der Waals surface area contributed by atoms with E-state index in [0.29, 0.717) is 16.8 Å². The summed E-state index contributed by atoms with van der Waals surface area (Å²) in [5.41, 5.74) is 0.0448. The first-order valence-electron chi connectivity index (χ1n) is 8.82. The number of benzene rings is 1. The van der Waals surface area contributed by atoms with Gasteiger partial charge in [-0.3, -0.25) is 4.79 Å². The summed E-state index contributed by atoms with van der Waals surface area (Å²) in [7, 11) is 2.73. The van der Waals surface area contributed by atoms with Crippen molar-refractivity contribution in [2.24, 2.45) is 14.1 Å². The molecule has 0 saturated carbocycles. The molecule has 0 spiro atoms. The number of carbonyl (C=O) groups excluding carboxylic acids is 1. The van der Waals surface area contributed by atoms with Gasteiger partial charge in [-0.1, -0.05) is 30.3 Å². The molecule has 0 aliphatic heterocycles. The minimum Gasteiger partial charge on any atom is -0.476 e. The Labute approximate surface area is 169 Å². The largest absolute Gasteiger partial charge is 0.476 e. The zero-order valence-corrected chi connectivity index (χ0v) is 16.1. The maximum absolute atomic E-state index is 13.0. The van der Waals surface area contributed by atoms with Gasteiger partial charge in [0.25, 0.3) is 5.91 Å². The fourth-order valence-corrected chi connectivity index (χ4v) is 3.02. The number of nitrogens with one attached hydrogen (secondary N) is 1. The summed E-state index contributed by atoms with van der Waals surface area (Å²) >= 11 is 0. The van der Waals surface area contributed by atoms with Gasteiger partial charge < -0.3 is 19.6 Å². The van der Waals surface area contributed by atoms with Crippen LogP contribution in [0.1, 0.15) is 32.6 Å². The standard InChI is InChI=1S/C19H18F3N5O3/c1-26-10-12(11-6-4-3-5-7-11)24-13(26)8-9-23-16(28)15-14(17(29)30)25-18(27(15)2)19(20,21)22/h3-7,10H,8-9H2,1-2H3,(H,23,28)(H,29,30). The van der Waals surface area contributed by atoms with Crippen LogP contribution < -0.4 is 5.32 Å². The predicted molar refractivity (Wildman–Crippen MR) is 99.9 cm³/mol. The van der Waals surface area contributed by atoms with Gasteiger partial charge in [0.1, 0.15) is 11.5 Å². The fourth-order valence-electron chi connectivity index (χ4n) is 3.02. The van der Waals surface area contributed by atoms with Crippen LogP contribution in [-0.2, 0) is 26.7 Å². The second-order valence-electron chi connectivity index (χ2n) is 6.52. The molecule has 0 saturated heterocycles. The molecule has 2 aromatic heterocycles. The lowest BCUT2D eigenvalue weighted by Crippen LogP contribution is -2.30. The minimum absolute atomic E-state index is 0.0451. The van der Waals surface area contributed by atoms with E-state index < -0.39 is 35.3 Å². The molecule has 0 bridgehead atoms. The molecule has 0 unspecified atom stereocenters. The van der Waals surface area contributed by atoms with Gasteiger partial charge in [-0.15, -0.1) is 0 Å². The molecular formula is C19H18F3N5O3. The molecule has 2 heterocycles. The zero-order valence-electron chi connectivity index (χ0n) is 16.1. The highest BCUT2D eigenvalue weighted by atomic mass is 19.4. The van der Waals surface area contributed by atoms with Gasteiger partial charge in [0.2, 0.25) is 5.82 Å². The third kappa shape index (κ3) is 4.19. The van der Waals surface area contributed by atoms with Gasteiger partial charge in [-0.2, -0.15) is 13.2 Å². The first-order chi connectivity index (χ1) is 14.1. The number of aromatic nitrogens is 4. The number of amides is 1. The van der Waals surface area contributed by atoms with Crippen LogP contribution in [0.2, 0.25) is 0 Å². The molecule has 3 rings (SSSR count). The highest BCUT2D eigenvalue weighted by Crippen LogP contribution is 2.29. The second-order valence-corrected chi connectivity index (χ2v) is 6.52. The van der Waals surface area contributed by atoms with Crippen LogP contribution in [0.15, 0.2) is 36.5 Å². The van der Waals surface area contributed by atoms with Crippen molar-refractivity contribution >= 4 is 11.9 Å². The predicted octanol–water partition coefficient (Wildman–Crippen LogP) is 2.51. The van der Waals surface area contributed by atoms with Crippen molar-refractivity contribution in [2.75, 3.05) is 6.54 Å². The van der Waals surface area contributed by atoms with Crippen molar-refractivity contribution in [3.63, 3.8) is 0 Å². The van der Waals surface area contributed by atoms with Crippen LogP contribution in [0.25, 0.3) is 11.3 Å². The maximum atomic E-state index is 13.0. The van der Waals surface area contributed by atoms with Gasteiger partial charge in [0.15, 0.2) is 5.69 Å². The van der Waals surface area contributed by atoms with Crippen LogP contribution in [0.4, 0.5) is 13.2 Å². The normalized spacial score (nSPS) is 11.5. The van der Waals surface area contributed by atoms with Gasteiger partial charge in [-0.25, -0.2) is 14.8 Å². The van der Waals surface area contributed by atoms with E-state index in [9.17, 15) is 22.8 Å². The molecule has 1 amide bonds. The Morgan fingerprint density at radius 3 is 2.40 bits per heavy atom. The van der Waals surface area contributed by atoms with Gasteiger partial charge in [0.05, 0.1) is 5.69 Å². The van der Waals surface area contributed by atoms with Crippen molar-refractivity contribution in [1.82, 2.24) is 24.4 Å². The molecule has 3 aromatic rings. The Morgan fingerprint density at radius 2 is 1.80 bits per heavy atom. The van der Waals surface area contributed by atoms with Crippen molar-refractivity contribution in [3.8, 4) is 11.3 Å². The Hall–Kier alpha value is -3.63. The summed E-state index contributed by atoms with van der Waals surface area (Å²) in [6.07, 6.45) is -2.77. The monoisotopic (exact) mass is 421 g/mol. The Balaban J connectivity index is 1.74.